The number of aromatic nitrogens is 3. The van der Waals surface area contributed by atoms with Crippen molar-refractivity contribution < 1.29 is 9.90 Å². The summed E-state index contributed by atoms with van der Waals surface area (Å²) >= 11 is 1.37. The smallest absolute Gasteiger partial charge is 0.356 e. The van der Waals surface area contributed by atoms with Crippen molar-refractivity contribution in [2.24, 2.45) is 0 Å². The van der Waals surface area contributed by atoms with Crippen LogP contribution in [0.3, 0.4) is 0 Å². The van der Waals surface area contributed by atoms with E-state index in [-0.39, 0.29) is 5.69 Å². The Labute approximate surface area is 125 Å². The first-order valence-electron chi connectivity index (χ1n) is 6.51. The Morgan fingerprint density at radius 3 is 2.67 bits per heavy atom. The van der Waals surface area contributed by atoms with Crippen LogP contribution in [-0.2, 0) is 6.54 Å². The molecule has 21 heavy (non-hydrogen) atoms. The van der Waals surface area contributed by atoms with Gasteiger partial charge in [0.2, 0.25) is 0 Å². The molecule has 0 unspecified atom stereocenters. The van der Waals surface area contributed by atoms with Gasteiger partial charge in [-0.2, -0.15) is 5.10 Å². The van der Waals surface area contributed by atoms with Crippen molar-refractivity contribution in [2.45, 2.75) is 13.5 Å². The Morgan fingerprint density at radius 2 is 2.05 bits per heavy atom. The highest BCUT2D eigenvalue weighted by atomic mass is 32.1. The van der Waals surface area contributed by atoms with Gasteiger partial charge in [-0.3, -0.25) is 4.68 Å². The van der Waals surface area contributed by atoms with Crippen LogP contribution in [0, 0.1) is 0 Å². The molecular formula is C15H13N3O2S. The highest BCUT2D eigenvalue weighted by Gasteiger charge is 2.20. The maximum absolute atomic E-state index is 11.4. The van der Waals surface area contributed by atoms with Gasteiger partial charge in [-0.1, -0.05) is 30.3 Å². The van der Waals surface area contributed by atoms with E-state index in [9.17, 15) is 9.90 Å². The summed E-state index contributed by atoms with van der Waals surface area (Å²) in [5.41, 5.74) is 1.79. The second-order valence-electron chi connectivity index (χ2n) is 4.45. The minimum absolute atomic E-state index is 0.0884. The van der Waals surface area contributed by atoms with Crippen LogP contribution in [0.2, 0.25) is 0 Å². The van der Waals surface area contributed by atoms with E-state index >= 15 is 0 Å². The van der Waals surface area contributed by atoms with E-state index < -0.39 is 5.97 Å². The molecule has 0 fully saturated rings. The van der Waals surface area contributed by atoms with Crippen LogP contribution in [0.5, 0.6) is 0 Å². The van der Waals surface area contributed by atoms with Gasteiger partial charge in [0.25, 0.3) is 0 Å². The molecule has 5 nitrogen and oxygen atoms in total. The minimum Gasteiger partial charge on any atom is -0.476 e. The average Bonchev–Trinajstić information content (AvgIpc) is 3.14. The molecule has 3 rings (SSSR count). The van der Waals surface area contributed by atoms with Crippen LogP contribution in [0.4, 0.5) is 0 Å². The molecule has 0 aliphatic rings. The Balaban J connectivity index is 2.10. The minimum atomic E-state index is -1.01. The molecule has 0 amide bonds. The Morgan fingerprint density at radius 1 is 1.29 bits per heavy atom. The summed E-state index contributed by atoms with van der Waals surface area (Å²) in [4.78, 5) is 16.4. The molecule has 6 heteroatoms. The van der Waals surface area contributed by atoms with E-state index in [1.54, 1.807) is 10.9 Å². The highest BCUT2D eigenvalue weighted by molar-refractivity contribution is 7.18. The Hall–Kier alpha value is -2.47. The third-order valence-electron chi connectivity index (χ3n) is 3.07. The van der Waals surface area contributed by atoms with Gasteiger partial charge in [-0.05, 0) is 12.5 Å². The Bertz CT molecular complexity index is 777. The number of aryl methyl sites for hydroxylation is 1. The second-order valence-corrected chi connectivity index (χ2v) is 5.45. The van der Waals surface area contributed by atoms with E-state index in [1.165, 1.54) is 11.3 Å². The average molecular weight is 299 g/mol. The summed E-state index contributed by atoms with van der Waals surface area (Å²) in [5.74, 6) is -1.01. The SMILES string of the molecule is CCn1cc(-c2nc(C(=O)O)c(-c3ccccc3)s2)cn1. The number of benzene rings is 1. The molecule has 0 bridgehead atoms. The van der Waals surface area contributed by atoms with E-state index in [2.05, 4.69) is 10.1 Å². The molecule has 0 saturated heterocycles. The lowest BCUT2D eigenvalue weighted by atomic mass is 10.1. The molecule has 1 N–H and O–H groups in total. The van der Waals surface area contributed by atoms with Crippen LogP contribution in [-0.4, -0.2) is 25.8 Å². The number of nitrogens with zero attached hydrogens (tertiary/aromatic N) is 3. The van der Waals surface area contributed by atoms with E-state index in [0.717, 1.165) is 17.7 Å². The molecule has 0 radical (unpaired) electrons. The number of aromatic carboxylic acids is 1. The Kier molecular flexibility index (Phi) is 3.53. The fourth-order valence-corrected chi connectivity index (χ4v) is 3.06. The first kappa shape index (κ1) is 13.5. The number of hydrogen-bond donors (Lipinski definition) is 1. The van der Waals surface area contributed by atoms with Crippen molar-refractivity contribution in [3.8, 4) is 21.0 Å². The van der Waals surface area contributed by atoms with Gasteiger partial charge in [-0.15, -0.1) is 11.3 Å². The monoisotopic (exact) mass is 299 g/mol. The van der Waals surface area contributed by atoms with Crippen molar-refractivity contribution in [3.63, 3.8) is 0 Å². The third kappa shape index (κ3) is 2.57. The van der Waals surface area contributed by atoms with Crippen LogP contribution in [0.1, 0.15) is 17.4 Å². The van der Waals surface area contributed by atoms with Gasteiger partial charge in [0.1, 0.15) is 5.01 Å². The van der Waals surface area contributed by atoms with Crippen molar-refractivity contribution >= 4 is 17.3 Å². The molecule has 2 heterocycles. The lowest BCUT2D eigenvalue weighted by molar-refractivity contribution is 0.0692. The molecule has 3 aromatic rings. The van der Waals surface area contributed by atoms with E-state index in [1.807, 2.05) is 43.5 Å². The zero-order valence-corrected chi connectivity index (χ0v) is 12.2. The second kappa shape index (κ2) is 5.49. The quantitative estimate of drug-likeness (QED) is 0.801. The number of carboxylic acids is 1. The maximum atomic E-state index is 11.4. The zero-order chi connectivity index (χ0) is 14.8. The molecule has 0 aliphatic carbocycles. The standard InChI is InChI=1S/C15H13N3O2S/c1-2-18-9-11(8-16-18)14-17-12(15(19)20)13(21-14)10-6-4-3-5-7-10/h3-9H,2H2,1H3,(H,19,20). The number of rotatable bonds is 4. The van der Waals surface area contributed by atoms with Crippen molar-refractivity contribution in [1.29, 1.82) is 0 Å². The molecule has 2 aromatic heterocycles. The molecule has 0 aliphatic heterocycles. The maximum Gasteiger partial charge on any atom is 0.356 e. The van der Waals surface area contributed by atoms with Crippen LogP contribution in [0.15, 0.2) is 42.7 Å². The molecule has 0 spiro atoms. The first-order chi connectivity index (χ1) is 10.2. The van der Waals surface area contributed by atoms with Crippen molar-refractivity contribution in [1.82, 2.24) is 14.8 Å². The number of carbonyl (C=O) groups is 1. The van der Waals surface area contributed by atoms with Crippen molar-refractivity contribution in [2.75, 3.05) is 0 Å². The predicted molar refractivity (Wildman–Crippen MR) is 81.4 cm³/mol. The molecule has 0 atom stereocenters. The van der Waals surface area contributed by atoms with Gasteiger partial charge in [-0.25, -0.2) is 9.78 Å². The van der Waals surface area contributed by atoms with E-state index in [0.29, 0.717) is 9.88 Å². The number of thiazole rings is 1. The van der Waals surface area contributed by atoms with Gasteiger partial charge in [0.05, 0.1) is 11.1 Å². The molecule has 0 saturated carbocycles. The molecule has 106 valence electrons. The number of carboxylic acid groups (broad SMARTS) is 1. The molecular weight excluding hydrogens is 286 g/mol. The van der Waals surface area contributed by atoms with Gasteiger partial charge in [0.15, 0.2) is 5.69 Å². The number of hydrogen-bond acceptors (Lipinski definition) is 4. The van der Waals surface area contributed by atoms with Crippen LogP contribution >= 0.6 is 11.3 Å². The van der Waals surface area contributed by atoms with Gasteiger partial charge < -0.3 is 5.11 Å². The van der Waals surface area contributed by atoms with Crippen LogP contribution in [0.25, 0.3) is 21.0 Å². The first-order valence-corrected chi connectivity index (χ1v) is 7.33. The van der Waals surface area contributed by atoms with Gasteiger partial charge >= 0.3 is 5.97 Å². The van der Waals surface area contributed by atoms with E-state index in [4.69, 9.17) is 0 Å². The normalized spacial score (nSPS) is 10.7. The summed E-state index contributed by atoms with van der Waals surface area (Å²) in [5, 5.41) is 14.2. The zero-order valence-electron chi connectivity index (χ0n) is 11.4. The summed E-state index contributed by atoms with van der Waals surface area (Å²) in [7, 11) is 0. The lowest BCUT2D eigenvalue weighted by Gasteiger charge is -1.97. The summed E-state index contributed by atoms with van der Waals surface area (Å²) in [6, 6.07) is 9.44. The predicted octanol–water partition coefficient (Wildman–Crippen LogP) is 3.39. The van der Waals surface area contributed by atoms with Crippen molar-refractivity contribution in [3.05, 3.63) is 48.4 Å². The summed E-state index contributed by atoms with van der Waals surface area (Å²) < 4.78 is 1.79. The fraction of sp³-hybridized carbons (Fsp3) is 0.133. The van der Waals surface area contributed by atoms with Crippen LogP contribution < -0.4 is 0 Å². The highest BCUT2D eigenvalue weighted by Crippen LogP contribution is 2.35. The fourth-order valence-electron chi connectivity index (χ4n) is 2.02. The molecule has 1 aromatic carbocycles. The lowest BCUT2D eigenvalue weighted by Crippen LogP contribution is -1.98. The van der Waals surface area contributed by atoms with Gasteiger partial charge in [0, 0.05) is 18.3 Å². The largest absolute Gasteiger partial charge is 0.476 e. The summed E-state index contributed by atoms with van der Waals surface area (Å²) in [6.07, 6.45) is 3.59. The summed E-state index contributed by atoms with van der Waals surface area (Å²) in [6.45, 7) is 2.76. The third-order valence-corrected chi connectivity index (χ3v) is 4.22. The topological polar surface area (TPSA) is 68.0 Å².